The number of nitrogens with zero attached hydrogens (tertiary/aromatic N) is 1. The number of aromatic nitrogens is 1. The number of ether oxygens (including phenoxy) is 1. The molecule has 0 spiro atoms. The van der Waals surface area contributed by atoms with Crippen molar-refractivity contribution in [1.29, 1.82) is 0 Å². The lowest BCUT2D eigenvalue weighted by atomic mass is 10.1. The van der Waals surface area contributed by atoms with Gasteiger partial charge in [-0.1, -0.05) is 36.4 Å². The fraction of sp³-hybridized carbons (Fsp3) is 0.143. The van der Waals surface area contributed by atoms with Gasteiger partial charge < -0.3 is 10.1 Å². The molecule has 28 heavy (non-hydrogen) atoms. The van der Waals surface area contributed by atoms with E-state index in [1.54, 1.807) is 72.9 Å². The zero-order valence-corrected chi connectivity index (χ0v) is 16.1. The van der Waals surface area contributed by atoms with Crippen molar-refractivity contribution in [2.75, 3.05) is 13.7 Å². The fourth-order valence-electron chi connectivity index (χ4n) is 2.86. The highest BCUT2D eigenvalue weighted by atomic mass is 32.2. The molecule has 1 aromatic heterocycles. The minimum Gasteiger partial charge on any atom is -0.496 e. The SMILES string of the molecule is COc1ccccc1C(=O)NCC(c1cccnc1)S(=O)(=O)c1ccccc1. The Kier molecular flexibility index (Phi) is 6.06. The molecule has 3 rings (SSSR count). The number of amides is 1. The highest BCUT2D eigenvalue weighted by Crippen LogP contribution is 2.28. The molecule has 0 aliphatic carbocycles. The number of nitrogens with one attached hydrogen (secondary N) is 1. The Balaban J connectivity index is 1.90. The molecule has 1 N–H and O–H groups in total. The summed E-state index contributed by atoms with van der Waals surface area (Å²) in [6, 6.07) is 18.3. The Morgan fingerprint density at radius 1 is 1.04 bits per heavy atom. The lowest BCUT2D eigenvalue weighted by Gasteiger charge is -2.19. The second-order valence-corrected chi connectivity index (χ2v) is 8.17. The summed E-state index contributed by atoms with van der Waals surface area (Å²) in [5.74, 6) is 0.0125. The maximum absolute atomic E-state index is 13.2. The summed E-state index contributed by atoms with van der Waals surface area (Å²) in [4.78, 5) is 16.8. The molecule has 7 heteroatoms. The van der Waals surface area contributed by atoms with E-state index in [1.165, 1.54) is 13.3 Å². The number of hydrogen-bond donors (Lipinski definition) is 1. The molecule has 0 saturated heterocycles. The quantitative estimate of drug-likeness (QED) is 0.663. The van der Waals surface area contributed by atoms with Crippen molar-refractivity contribution < 1.29 is 17.9 Å². The lowest BCUT2D eigenvalue weighted by Crippen LogP contribution is -2.32. The molecule has 1 amide bonds. The zero-order chi connectivity index (χ0) is 20.0. The predicted molar refractivity (Wildman–Crippen MR) is 106 cm³/mol. The molecule has 0 radical (unpaired) electrons. The molecule has 3 aromatic rings. The van der Waals surface area contributed by atoms with Crippen LogP contribution in [0.3, 0.4) is 0 Å². The van der Waals surface area contributed by atoms with Crippen molar-refractivity contribution in [1.82, 2.24) is 10.3 Å². The minimum absolute atomic E-state index is 0.0974. The van der Waals surface area contributed by atoms with Crippen LogP contribution in [0.4, 0.5) is 0 Å². The number of benzene rings is 2. The van der Waals surface area contributed by atoms with Crippen molar-refractivity contribution in [2.24, 2.45) is 0 Å². The summed E-state index contributed by atoms with van der Waals surface area (Å²) in [5, 5.41) is 1.75. The predicted octanol–water partition coefficient (Wildman–Crippen LogP) is 3.04. The summed E-state index contributed by atoms with van der Waals surface area (Å²) in [6.45, 7) is -0.0974. The van der Waals surface area contributed by atoms with Crippen LogP contribution in [0.2, 0.25) is 0 Å². The third-order valence-electron chi connectivity index (χ3n) is 4.30. The third kappa shape index (κ3) is 4.20. The summed E-state index contributed by atoms with van der Waals surface area (Å²) in [7, 11) is -2.26. The van der Waals surface area contributed by atoms with Gasteiger partial charge in [-0.2, -0.15) is 0 Å². The van der Waals surface area contributed by atoms with Crippen molar-refractivity contribution in [3.05, 3.63) is 90.3 Å². The highest BCUT2D eigenvalue weighted by Gasteiger charge is 2.30. The van der Waals surface area contributed by atoms with E-state index in [9.17, 15) is 13.2 Å². The van der Waals surface area contributed by atoms with E-state index in [0.29, 0.717) is 16.9 Å². The van der Waals surface area contributed by atoms with E-state index in [0.717, 1.165) is 0 Å². The first-order valence-corrected chi connectivity index (χ1v) is 10.2. The molecular weight excluding hydrogens is 376 g/mol. The van der Waals surface area contributed by atoms with Gasteiger partial charge in [0.1, 0.15) is 11.0 Å². The number of methoxy groups -OCH3 is 1. The van der Waals surface area contributed by atoms with Crippen LogP contribution < -0.4 is 10.1 Å². The Morgan fingerprint density at radius 3 is 2.43 bits per heavy atom. The second kappa shape index (κ2) is 8.67. The van der Waals surface area contributed by atoms with Crippen molar-refractivity contribution in [2.45, 2.75) is 10.1 Å². The molecule has 0 saturated carbocycles. The Bertz CT molecular complexity index is 1040. The first kappa shape index (κ1) is 19.6. The smallest absolute Gasteiger partial charge is 0.255 e. The largest absolute Gasteiger partial charge is 0.496 e. The van der Waals surface area contributed by atoms with Crippen molar-refractivity contribution in [3.63, 3.8) is 0 Å². The monoisotopic (exact) mass is 396 g/mol. The van der Waals surface area contributed by atoms with Gasteiger partial charge in [0, 0.05) is 18.9 Å². The number of rotatable bonds is 7. The van der Waals surface area contributed by atoms with E-state index in [1.807, 2.05) is 0 Å². The van der Waals surface area contributed by atoms with E-state index >= 15 is 0 Å². The number of carbonyl (C=O) groups is 1. The Morgan fingerprint density at radius 2 is 1.75 bits per heavy atom. The molecule has 1 atom stereocenters. The second-order valence-electron chi connectivity index (χ2n) is 6.04. The molecular formula is C21H20N2O4S. The normalized spacial score (nSPS) is 12.2. The number of hydrogen-bond acceptors (Lipinski definition) is 5. The minimum atomic E-state index is -3.73. The van der Waals surface area contributed by atoms with Gasteiger partial charge in [0.25, 0.3) is 5.91 Å². The molecule has 144 valence electrons. The lowest BCUT2D eigenvalue weighted by molar-refractivity contribution is 0.0950. The topological polar surface area (TPSA) is 85.4 Å². The van der Waals surface area contributed by atoms with E-state index in [-0.39, 0.29) is 11.4 Å². The van der Waals surface area contributed by atoms with Gasteiger partial charge in [-0.15, -0.1) is 0 Å². The Labute approximate surface area is 164 Å². The molecule has 0 aliphatic rings. The fourth-order valence-corrected chi connectivity index (χ4v) is 4.53. The molecule has 2 aromatic carbocycles. The van der Waals surface area contributed by atoms with Crippen molar-refractivity contribution in [3.8, 4) is 5.75 Å². The molecule has 6 nitrogen and oxygen atoms in total. The van der Waals surface area contributed by atoms with Gasteiger partial charge in [-0.3, -0.25) is 9.78 Å². The van der Waals surface area contributed by atoms with Gasteiger partial charge >= 0.3 is 0 Å². The first-order chi connectivity index (χ1) is 13.5. The van der Waals surface area contributed by atoms with Crippen LogP contribution >= 0.6 is 0 Å². The maximum atomic E-state index is 13.2. The average molecular weight is 396 g/mol. The first-order valence-electron chi connectivity index (χ1n) is 8.64. The van der Waals surface area contributed by atoms with Gasteiger partial charge in [0.2, 0.25) is 0 Å². The standard InChI is InChI=1S/C21H20N2O4S/c1-27-19-12-6-5-11-18(19)21(24)23-15-20(16-8-7-13-22-14-16)28(25,26)17-9-3-2-4-10-17/h2-14,20H,15H2,1H3,(H,23,24). The van der Waals surface area contributed by atoms with Crippen LogP contribution in [0.25, 0.3) is 0 Å². The number of sulfone groups is 1. The van der Waals surface area contributed by atoms with Crippen LogP contribution in [0.5, 0.6) is 5.75 Å². The molecule has 0 fully saturated rings. The highest BCUT2D eigenvalue weighted by molar-refractivity contribution is 7.91. The summed E-state index contributed by atoms with van der Waals surface area (Å²) in [5.41, 5.74) is 0.846. The van der Waals surface area contributed by atoms with Gasteiger partial charge in [-0.25, -0.2) is 8.42 Å². The number of carbonyl (C=O) groups excluding carboxylic acids is 1. The van der Waals surface area contributed by atoms with E-state index < -0.39 is 21.0 Å². The molecule has 1 heterocycles. The zero-order valence-electron chi connectivity index (χ0n) is 15.3. The Hall–Kier alpha value is -3.19. The molecule has 0 bridgehead atoms. The van der Waals surface area contributed by atoms with Crippen LogP contribution in [0, 0.1) is 0 Å². The average Bonchev–Trinajstić information content (AvgIpc) is 2.75. The number of pyridine rings is 1. The van der Waals surface area contributed by atoms with Crippen molar-refractivity contribution >= 4 is 15.7 Å². The van der Waals surface area contributed by atoms with Crippen LogP contribution in [-0.4, -0.2) is 33.0 Å². The van der Waals surface area contributed by atoms with Crippen LogP contribution in [-0.2, 0) is 9.84 Å². The van der Waals surface area contributed by atoms with Gasteiger partial charge in [-0.05, 0) is 35.9 Å². The van der Waals surface area contributed by atoms with E-state index in [4.69, 9.17) is 4.74 Å². The summed E-state index contributed by atoms with van der Waals surface area (Å²) < 4.78 is 31.6. The molecule has 0 aliphatic heterocycles. The maximum Gasteiger partial charge on any atom is 0.255 e. The van der Waals surface area contributed by atoms with E-state index in [2.05, 4.69) is 10.3 Å². The molecule has 1 unspecified atom stereocenters. The third-order valence-corrected chi connectivity index (χ3v) is 6.42. The summed E-state index contributed by atoms with van der Waals surface area (Å²) >= 11 is 0. The summed E-state index contributed by atoms with van der Waals surface area (Å²) in [6.07, 6.45) is 3.07. The van der Waals surface area contributed by atoms with Gasteiger partial charge in [0.05, 0.1) is 17.6 Å². The van der Waals surface area contributed by atoms with Crippen LogP contribution in [0.15, 0.2) is 84.0 Å². The number of para-hydroxylation sites is 1. The van der Waals surface area contributed by atoms with Crippen LogP contribution in [0.1, 0.15) is 21.2 Å². The van der Waals surface area contributed by atoms with Gasteiger partial charge in [0.15, 0.2) is 9.84 Å².